The van der Waals surface area contributed by atoms with E-state index < -0.39 is 0 Å². The summed E-state index contributed by atoms with van der Waals surface area (Å²) in [6.45, 7) is 5.26. The zero-order valence-electron chi connectivity index (χ0n) is 9.64. The van der Waals surface area contributed by atoms with Crippen LogP contribution in [0.25, 0.3) is 0 Å². The maximum atomic E-state index is 12.1. The Kier molecular flexibility index (Phi) is 2.96. The molecule has 2 unspecified atom stereocenters. The Hall–Kier alpha value is -1.36. The Labute approximate surface area is 94.6 Å². The van der Waals surface area contributed by atoms with E-state index in [4.69, 9.17) is 10.3 Å². The summed E-state index contributed by atoms with van der Waals surface area (Å²) in [4.78, 5) is 13.9. The SMILES string of the molecule is Cc1cnoc1C(=O)N1CC(C)CC(N)C1. The quantitative estimate of drug-likeness (QED) is 0.764. The van der Waals surface area contributed by atoms with Crippen molar-refractivity contribution >= 4 is 5.91 Å². The molecule has 88 valence electrons. The second-order valence-electron chi connectivity index (χ2n) is 4.65. The topological polar surface area (TPSA) is 72.4 Å². The van der Waals surface area contributed by atoms with Gasteiger partial charge in [0, 0.05) is 24.7 Å². The summed E-state index contributed by atoms with van der Waals surface area (Å²) in [5.74, 6) is 0.675. The molecule has 5 nitrogen and oxygen atoms in total. The van der Waals surface area contributed by atoms with Gasteiger partial charge in [-0.1, -0.05) is 12.1 Å². The van der Waals surface area contributed by atoms with Gasteiger partial charge in [-0.2, -0.15) is 0 Å². The van der Waals surface area contributed by atoms with Crippen molar-refractivity contribution in [3.05, 3.63) is 17.5 Å². The highest BCUT2D eigenvalue weighted by Crippen LogP contribution is 2.18. The third kappa shape index (κ3) is 2.09. The van der Waals surface area contributed by atoms with Crippen LogP contribution in [0.3, 0.4) is 0 Å². The van der Waals surface area contributed by atoms with Gasteiger partial charge in [-0.3, -0.25) is 4.79 Å². The molecule has 1 aliphatic heterocycles. The van der Waals surface area contributed by atoms with Crippen molar-refractivity contribution in [2.24, 2.45) is 11.7 Å². The van der Waals surface area contributed by atoms with Gasteiger partial charge in [-0.15, -0.1) is 0 Å². The minimum atomic E-state index is -0.1000. The van der Waals surface area contributed by atoms with Gasteiger partial charge in [-0.05, 0) is 19.3 Å². The van der Waals surface area contributed by atoms with E-state index in [0.29, 0.717) is 18.2 Å². The Morgan fingerprint density at radius 3 is 2.94 bits per heavy atom. The number of rotatable bonds is 1. The molecule has 0 bridgehead atoms. The number of nitrogens with two attached hydrogens (primary N) is 1. The Morgan fingerprint density at radius 1 is 1.62 bits per heavy atom. The van der Waals surface area contributed by atoms with Crippen LogP contribution in [0, 0.1) is 12.8 Å². The molecule has 0 aliphatic carbocycles. The predicted octanol–water partition coefficient (Wildman–Crippen LogP) is 0.792. The first-order valence-electron chi connectivity index (χ1n) is 5.54. The van der Waals surface area contributed by atoms with Crippen LogP contribution in [0.5, 0.6) is 0 Å². The fourth-order valence-electron chi connectivity index (χ4n) is 2.21. The Morgan fingerprint density at radius 2 is 2.38 bits per heavy atom. The second kappa shape index (κ2) is 4.25. The molecular weight excluding hydrogens is 206 g/mol. The monoisotopic (exact) mass is 223 g/mol. The zero-order chi connectivity index (χ0) is 11.7. The van der Waals surface area contributed by atoms with Crippen LogP contribution in [0.4, 0.5) is 0 Å². The molecule has 2 heterocycles. The van der Waals surface area contributed by atoms with Crippen molar-refractivity contribution < 1.29 is 9.32 Å². The molecule has 1 aromatic heterocycles. The molecule has 16 heavy (non-hydrogen) atoms. The van der Waals surface area contributed by atoms with Gasteiger partial charge in [0.1, 0.15) is 0 Å². The standard InChI is InChI=1S/C11H17N3O2/c1-7-3-9(12)6-14(5-7)11(15)10-8(2)4-13-16-10/h4,7,9H,3,5-6,12H2,1-2H3. The van der Waals surface area contributed by atoms with E-state index in [1.54, 1.807) is 11.1 Å². The normalized spacial score (nSPS) is 25.8. The molecule has 1 aromatic rings. The van der Waals surface area contributed by atoms with Crippen LogP contribution >= 0.6 is 0 Å². The number of likely N-dealkylation sites (tertiary alicyclic amines) is 1. The maximum Gasteiger partial charge on any atom is 0.292 e. The van der Waals surface area contributed by atoms with Crippen LogP contribution in [-0.2, 0) is 0 Å². The fourth-order valence-corrected chi connectivity index (χ4v) is 2.21. The third-order valence-corrected chi connectivity index (χ3v) is 2.92. The molecule has 1 aliphatic rings. The van der Waals surface area contributed by atoms with E-state index in [1.807, 2.05) is 6.92 Å². The Balaban J connectivity index is 2.13. The van der Waals surface area contributed by atoms with Crippen LogP contribution in [0.2, 0.25) is 0 Å². The summed E-state index contributed by atoms with van der Waals surface area (Å²) in [5.41, 5.74) is 6.68. The predicted molar refractivity (Wildman–Crippen MR) is 58.9 cm³/mol. The first-order chi connectivity index (χ1) is 7.58. The third-order valence-electron chi connectivity index (χ3n) is 2.92. The molecule has 1 saturated heterocycles. The van der Waals surface area contributed by atoms with E-state index in [0.717, 1.165) is 18.5 Å². The van der Waals surface area contributed by atoms with Gasteiger partial charge in [-0.25, -0.2) is 0 Å². The van der Waals surface area contributed by atoms with Crippen molar-refractivity contribution in [1.29, 1.82) is 0 Å². The van der Waals surface area contributed by atoms with Gasteiger partial charge in [0.15, 0.2) is 0 Å². The number of hydrogen-bond donors (Lipinski definition) is 1. The average Bonchev–Trinajstić information content (AvgIpc) is 2.62. The lowest BCUT2D eigenvalue weighted by Crippen LogP contribution is -2.48. The van der Waals surface area contributed by atoms with Crippen molar-refractivity contribution in [2.75, 3.05) is 13.1 Å². The van der Waals surface area contributed by atoms with E-state index in [9.17, 15) is 4.79 Å². The van der Waals surface area contributed by atoms with E-state index in [2.05, 4.69) is 12.1 Å². The lowest BCUT2D eigenvalue weighted by Gasteiger charge is -2.34. The number of aromatic nitrogens is 1. The number of hydrogen-bond acceptors (Lipinski definition) is 4. The van der Waals surface area contributed by atoms with Gasteiger partial charge < -0.3 is 15.2 Å². The van der Waals surface area contributed by atoms with Gasteiger partial charge >= 0.3 is 0 Å². The summed E-state index contributed by atoms with van der Waals surface area (Å²) < 4.78 is 4.97. The van der Waals surface area contributed by atoms with Gasteiger partial charge in [0.2, 0.25) is 5.76 Å². The molecule has 0 spiro atoms. The van der Waals surface area contributed by atoms with Crippen molar-refractivity contribution in [3.8, 4) is 0 Å². The first kappa shape index (κ1) is 11.1. The first-order valence-corrected chi connectivity index (χ1v) is 5.54. The van der Waals surface area contributed by atoms with Crippen molar-refractivity contribution in [1.82, 2.24) is 10.1 Å². The zero-order valence-corrected chi connectivity index (χ0v) is 9.64. The summed E-state index contributed by atoms with van der Waals surface area (Å²) >= 11 is 0. The highest BCUT2D eigenvalue weighted by molar-refractivity contribution is 5.92. The van der Waals surface area contributed by atoms with E-state index in [1.165, 1.54) is 0 Å². The smallest absolute Gasteiger partial charge is 0.292 e. The highest BCUT2D eigenvalue weighted by atomic mass is 16.5. The van der Waals surface area contributed by atoms with Crippen LogP contribution in [0.1, 0.15) is 29.5 Å². The largest absolute Gasteiger partial charge is 0.351 e. The minimum absolute atomic E-state index is 0.0657. The van der Waals surface area contributed by atoms with E-state index in [-0.39, 0.29) is 11.9 Å². The number of amides is 1. The summed E-state index contributed by atoms with van der Waals surface area (Å²) in [6.07, 6.45) is 2.53. The van der Waals surface area contributed by atoms with Gasteiger partial charge in [0.25, 0.3) is 5.91 Å². The molecule has 5 heteroatoms. The van der Waals surface area contributed by atoms with Gasteiger partial charge in [0.05, 0.1) is 6.20 Å². The molecular formula is C11H17N3O2. The molecule has 0 saturated carbocycles. The molecule has 2 rings (SSSR count). The maximum absolute atomic E-state index is 12.1. The molecule has 0 aromatic carbocycles. The Bertz CT molecular complexity index is 378. The summed E-state index contributed by atoms with van der Waals surface area (Å²) in [6, 6.07) is 0.0657. The van der Waals surface area contributed by atoms with Crippen molar-refractivity contribution in [2.45, 2.75) is 26.3 Å². The summed E-state index contributed by atoms with van der Waals surface area (Å²) in [5, 5.41) is 3.62. The molecule has 1 fully saturated rings. The number of aryl methyl sites for hydroxylation is 1. The number of carbonyl (C=O) groups is 1. The highest BCUT2D eigenvalue weighted by Gasteiger charge is 2.29. The minimum Gasteiger partial charge on any atom is -0.351 e. The van der Waals surface area contributed by atoms with E-state index >= 15 is 0 Å². The molecule has 2 N–H and O–H groups in total. The average molecular weight is 223 g/mol. The second-order valence-corrected chi connectivity index (χ2v) is 4.65. The fraction of sp³-hybridized carbons (Fsp3) is 0.636. The van der Waals surface area contributed by atoms with Crippen LogP contribution < -0.4 is 5.73 Å². The van der Waals surface area contributed by atoms with Crippen LogP contribution in [0.15, 0.2) is 10.7 Å². The lowest BCUT2D eigenvalue weighted by atomic mass is 9.96. The summed E-state index contributed by atoms with van der Waals surface area (Å²) in [7, 11) is 0. The van der Waals surface area contributed by atoms with Crippen molar-refractivity contribution in [3.63, 3.8) is 0 Å². The number of carbonyl (C=O) groups excluding carboxylic acids is 1. The van der Waals surface area contributed by atoms with Crippen LogP contribution in [-0.4, -0.2) is 35.1 Å². The number of nitrogens with zero attached hydrogens (tertiary/aromatic N) is 2. The number of piperidine rings is 1. The molecule has 2 atom stereocenters. The lowest BCUT2D eigenvalue weighted by molar-refractivity contribution is 0.0618. The molecule has 1 amide bonds. The molecule has 0 radical (unpaired) electrons.